The summed E-state index contributed by atoms with van der Waals surface area (Å²) in [6.45, 7) is -0.522. The van der Waals surface area contributed by atoms with Crippen molar-refractivity contribution < 1.29 is 17.6 Å². The highest BCUT2D eigenvalue weighted by atomic mass is 79.9. The first-order valence-electron chi connectivity index (χ1n) is 4.84. The maximum Gasteiger partial charge on any atom is 0.244 e. The van der Waals surface area contributed by atoms with Crippen LogP contribution in [0.15, 0.2) is 15.4 Å². The molecule has 0 spiro atoms. The molecule has 106 valence electrons. The van der Waals surface area contributed by atoms with Gasteiger partial charge in [-0.3, -0.25) is 4.79 Å². The second kappa shape index (κ2) is 6.04. The summed E-state index contributed by atoms with van der Waals surface area (Å²) in [5.41, 5.74) is 4.96. The number of likely N-dealkylation sites (N-methyl/N-ethyl adjacent to an activating group) is 1. The highest BCUT2D eigenvalue weighted by molar-refractivity contribution is 9.10. The lowest BCUT2D eigenvalue weighted by Gasteiger charge is -2.10. The van der Waals surface area contributed by atoms with Gasteiger partial charge in [0.25, 0.3) is 0 Å². The van der Waals surface area contributed by atoms with E-state index in [9.17, 15) is 17.6 Å². The van der Waals surface area contributed by atoms with E-state index in [0.29, 0.717) is 0 Å². The number of rotatable bonds is 4. The highest BCUT2D eigenvalue weighted by Crippen LogP contribution is 2.34. The lowest BCUT2D eigenvalue weighted by Crippen LogP contribution is -2.35. The van der Waals surface area contributed by atoms with E-state index in [1.165, 1.54) is 7.05 Å². The quantitative estimate of drug-likeness (QED) is 0.537. The van der Waals surface area contributed by atoms with Crippen LogP contribution in [0, 0.1) is 5.82 Å². The predicted molar refractivity (Wildman–Crippen MR) is 72.8 cm³/mol. The zero-order chi connectivity index (χ0) is 14.8. The Morgan fingerprint density at radius 3 is 2.68 bits per heavy atom. The van der Waals surface area contributed by atoms with Crippen LogP contribution in [0.3, 0.4) is 0 Å². The molecule has 0 aromatic heterocycles. The number of anilines is 1. The molecule has 1 rings (SSSR count). The predicted octanol–water partition coefficient (Wildman–Crippen LogP) is 0.848. The zero-order valence-corrected chi connectivity index (χ0v) is 12.8. The number of carbonyl (C=O) groups is 1. The summed E-state index contributed by atoms with van der Waals surface area (Å²) in [6, 6.07) is 0.906. The summed E-state index contributed by atoms with van der Waals surface area (Å²) in [5.74, 6) is -1.71. The standard InChI is InChI=1S/C9H10BrClFN3O3S/c1-14-6(16)3-15-19(17,18)5-2-4(11)7(10)9(13)8(5)12/h2,15H,3,13H2,1H3,(H,14,16). The van der Waals surface area contributed by atoms with Crippen molar-refractivity contribution in [2.75, 3.05) is 19.3 Å². The molecule has 0 aliphatic rings. The minimum Gasteiger partial charge on any atom is -0.395 e. The molecule has 1 amide bonds. The van der Waals surface area contributed by atoms with E-state index in [4.69, 9.17) is 17.3 Å². The number of sulfonamides is 1. The molecule has 0 atom stereocenters. The van der Waals surface area contributed by atoms with Gasteiger partial charge in [-0.1, -0.05) is 11.6 Å². The first kappa shape index (κ1) is 16.2. The van der Waals surface area contributed by atoms with Crippen molar-refractivity contribution in [2.45, 2.75) is 4.90 Å². The summed E-state index contributed by atoms with van der Waals surface area (Å²) in [7, 11) is -2.89. The van der Waals surface area contributed by atoms with E-state index in [-0.39, 0.29) is 9.50 Å². The first-order valence-corrected chi connectivity index (χ1v) is 7.49. The van der Waals surface area contributed by atoms with Gasteiger partial charge in [0, 0.05) is 7.05 Å². The van der Waals surface area contributed by atoms with Crippen LogP contribution in [0.25, 0.3) is 0 Å². The first-order chi connectivity index (χ1) is 8.70. The molecule has 1 aromatic rings. The molecule has 0 aliphatic heterocycles. The summed E-state index contributed by atoms with van der Waals surface area (Å²) in [6.07, 6.45) is 0. The fourth-order valence-corrected chi connectivity index (χ4v) is 2.78. The van der Waals surface area contributed by atoms with Gasteiger partial charge >= 0.3 is 0 Å². The number of amides is 1. The number of nitrogens with two attached hydrogens (primary N) is 1. The third kappa shape index (κ3) is 3.56. The largest absolute Gasteiger partial charge is 0.395 e. The molecule has 0 saturated carbocycles. The average Bonchev–Trinajstić information content (AvgIpc) is 2.37. The Balaban J connectivity index is 3.19. The molecular weight excluding hydrogens is 365 g/mol. The second-order valence-corrected chi connectivity index (χ2v) is 6.33. The van der Waals surface area contributed by atoms with E-state index >= 15 is 0 Å². The number of halogens is 3. The molecule has 1 aromatic carbocycles. The third-order valence-electron chi connectivity index (χ3n) is 2.15. The van der Waals surface area contributed by atoms with E-state index in [2.05, 4.69) is 21.2 Å². The summed E-state index contributed by atoms with van der Waals surface area (Å²) >= 11 is 8.65. The van der Waals surface area contributed by atoms with Crippen LogP contribution in [0.2, 0.25) is 5.02 Å². The normalized spacial score (nSPS) is 11.4. The van der Waals surface area contributed by atoms with Gasteiger partial charge in [0.1, 0.15) is 4.90 Å². The Morgan fingerprint density at radius 1 is 1.58 bits per heavy atom. The van der Waals surface area contributed by atoms with E-state index in [1.54, 1.807) is 0 Å². The van der Waals surface area contributed by atoms with Crippen LogP contribution >= 0.6 is 27.5 Å². The van der Waals surface area contributed by atoms with Crippen molar-refractivity contribution in [1.29, 1.82) is 0 Å². The van der Waals surface area contributed by atoms with E-state index in [0.717, 1.165) is 6.07 Å². The van der Waals surface area contributed by atoms with Gasteiger partial charge in [0.2, 0.25) is 15.9 Å². The molecule has 4 N–H and O–H groups in total. The Hall–Kier alpha value is -0.900. The lowest BCUT2D eigenvalue weighted by molar-refractivity contribution is -0.119. The van der Waals surface area contributed by atoms with E-state index < -0.39 is 38.9 Å². The molecule has 6 nitrogen and oxygen atoms in total. The Bertz CT molecular complexity index is 624. The Morgan fingerprint density at radius 2 is 2.16 bits per heavy atom. The molecular formula is C9H10BrClFN3O3S. The number of nitrogens with one attached hydrogen (secondary N) is 2. The van der Waals surface area contributed by atoms with Crippen molar-refractivity contribution in [1.82, 2.24) is 10.0 Å². The SMILES string of the molecule is CNC(=O)CNS(=O)(=O)c1cc(Cl)c(Br)c(N)c1F. The number of hydrogen-bond donors (Lipinski definition) is 3. The smallest absolute Gasteiger partial charge is 0.244 e. The number of benzene rings is 1. The summed E-state index contributed by atoms with van der Waals surface area (Å²) in [4.78, 5) is 10.3. The van der Waals surface area contributed by atoms with Crippen molar-refractivity contribution in [3.05, 3.63) is 21.4 Å². The fraction of sp³-hybridized carbons (Fsp3) is 0.222. The van der Waals surface area contributed by atoms with Gasteiger partial charge < -0.3 is 11.1 Å². The van der Waals surface area contributed by atoms with Gasteiger partial charge in [0.05, 0.1) is 21.7 Å². The number of nitrogen functional groups attached to an aromatic ring is 1. The molecule has 0 saturated heterocycles. The van der Waals surface area contributed by atoms with Crippen molar-refractivity contribution in [3.8, 4) is 0 Å². The summed E-state index contributed by atoms with van der Waals surface area (Å²) in [5, 5.41) is 2.16. The van der Waals surface area contributed by atoms with Crippen LogP contribution in [-0.4, -0.2) is 27.9 Å². The third-order valence-corrected chi connectivity index (χ3v) is 4.93. The molecule has 0 unspecified atom stereocenters. The van der Waals surface area contributed by atoms with Crippen molar-refractivity contribution in [3.63, 3.8) is 0 Å². The lowest BCUT2D eigenvalue weighted by atomic mass is 10.3. The van der Waals surface area contributed by atoms with Gasteiger partial charge in [-0.05, 0) is 22.0 Å². The topological polar surface area (TPSA) is 101 Å². The van der Waals surface area contributed by atoms with Gasteiger partial charge in [0.15, 0.2) is 5.82 Å². The number of carbonyl (C=O) groups excluding carboxylic acids is 1. The van der Waals surface area contributed by atoms with Crippen LogP contribution in [0.4, 0.5) is 10.1 Å². The zero-order valence-electron chi connectivity index (χ0n) is 9.63. The fourth-order valence-electron chi connectivity index (χ4n) is 1.12. The Labute approximate surface area is 122 Å². The van der Waals surface area contributed by atoms with Gasteiger partial charge in [-0.25, -0.2) is 17.5 Å². The maximum atomic E-state index is 13.8. The molecule has 19 heavy (non-hydrogen) atoms. The van der Waals surface area contributed by atoms with Crippen LogP contribution in [0.5, 0.6) is 0 Å². The molecule has 0 aliphatic carbocycles. The monoisotopic (exact) mass is 373 g/mol. The van der Waals surface area contributed by atoms with Crippen LogP contribution in [0.1, 0.15) is 0 Å². The van der Waals surface area contributed by atoms with Gasteiger partial charge in [-0.15, -0.1) is 0 Å². The van der Waals surface area contributed by atoms with Gasteiger partial charge in [-0.2, -0.15) is 0 Å². The molecule has 0 fully saturated rings. The molecule has 0 radical (unpaired) electrons. The minimum absolute atomic E-state index is 0.0563. The molecule has 0 heterocycles. The minimum atomic E-state index is -4.23. The van der Waals surface area contributed by atoms with Crippen LogP contribution < -0.4 is 15.8 Å². The maximum absolute atomic E-state index is 13.8. The highest BCUT2D eigenvalue weighted by Gasteiger charge is 2.24. The average molecular weight is 375 g/mol. The van der Waals surface area contributed by atoms with Crippen molar-refractivity contribution in [2.24, 2.45) is 0 Å². The Kier molecular flexibility index (Phi) is 5.13. The van der Waals surface area contributed by atoms with Crippen molar-refractivity contribution >= 4 is 49.1 Å². The van der Waals surface area contributed by atoms with Crippen LogP contribution in [-0.2, 0) is 14.8 Å². The molecule has 10 heteroatoms. The molecule has 0 bridgehead atoms. The van der Waals surface area contributed by atoms with E-state index in [1.807, 2.05) is 4.72 Å². The second-order valence-electron chi connectivity index (χ2n) is 3.40. The summed E-state index contributed by atoms with van der Waals surface area (Å²) < 4.78 is 39.5. The number of hydrogen-bond acceptors (Lipinski definition) is 4.